The highest BCUT2D eigenvalue weighted by Gasteiger charge is 2.24. The summed E-state index contributed by atoms with van der Waals surface area (Å²) in [7, 11) is 0. The molecule has 0 atom stereocenters. The van der Waals surface area contributed by atoms with Gasteiger partial charge >= 0.3 is 0 Å². The van der Waals surface area contributed by atoms with E-state index >= 15 is 0 Å². The van der Waals surface area contributed by atoms with Crippen molar-refractivity contribution in [3.63, 3.8) is 0 Å². The molecule has 4 nitrogen and oxygen atoms in total. The molecule has 0 N–H and O–H groups in total. The SMILES string of the molecule is C=CCN(C(=O)c1ccc2ccccc2n1)c1nc2c(s1)CCCC2. The maximum Gasteiger partial charge on any atom is 0.278 e. The van der Waals surface area contributed by atoms with Crippen molar-refractivity contribution in [1.82, 2.24) is 9.97 Å². The molecule has 0 fully saturated rings. The number of anilines is 1. The number of thiazole rings is 1. The summed E-state index contributed by atoms with van der Waals surface area (Å²) >= 11 is 1.63. The first kappa shape index (κ1) is 16.0. The Bertz CT molecular complexity index is 924. The van der Waals surface area contributed by atoms with Crippen molar-refractivity contribution in [3.05, 3.63) is 65.3 Å². The summed E-state index contributed by atoms with van der Waals surface area (Å²) in [6.45, 7) is 4.23. The molecule has 0 saturated carbocycles. The van der Waals surface area contributed by atoms with Crippen LogP contribution in [-0.2, 0) is 12.8 Å². The van der Waals surface area contributed by atoms with Crippen molar-refractivity contribution in [1.29, 1.82) is 0 Å². The normalized spacial score (nSPS) is 13.4. The molecule has 1 aromatic carbocycles. The van der Waals surface area contributed by atoms with Gasteiger partial charge in [-0.25, -0.2) is 9.97 Å². The van der Waals surface area contributed by atoms with E-state index in [1.165, 1.54) is 17.7 Å². The molecule has 2 aromatic heterocycles. The number of hydrogen-bond donors (Lipinski definition) is 0. The Morgan fingerprint density at radius 3 is 2.84 bits per heavy atom. The molecule has 0 aliphatic heterocycles. The van der Waals surface area contributed by atoms with Crippen LogP contribution in [-0.4, -0.2) is 22.4 Å². The fourth-order valence-electron chi connectivity index (χ4n) is 3.15. The number of benzene rings is 1. The fourth-order valence-corrected chi connectivity index (χ4v) is 4.31. The lowest BCUT2D eigenvalue weighted by molar-refractivity contribution is 0.0985. The number of para-hydroxylation sites is 1. The van der Waals surface area contributed by atoms with Crippen LogP contribution in [0.3, 0.4) is 0 Å². The first-order chi connectivity index (χ1) is 12.3. The molecule has 1 aliphatic carbocycles. The molecule has 4 rings (SSSR count). The van der Waals surface area contributed by atoms with Gasteiger partial charge in [0.1, 0.15) is 5.69 Å². The zero-order valence-corrected chi connectivity index (χ0v) is 14.8. The van der Waals surface area contributed by atoms with Gasteiger partial charge in [0.2, 0.25) is 0 Å². The van der Waals surface area contributed by atoms with Crippen LogP contribution in [0.25, 0.3) is 10.9 Å². The van der Waals surface area contributed by atoms with Gasteiger partial charge in [-0.1, -0.05) is 30.3 Å². The number of nitrogens with zero attached hydrogens (tertiary/aromatic N) is 3. The van der Waals surface area contributed by atoms with Crippen LogP contribution < -0.4 is 4.90 Å². The van der Waals surface area contributed by atoms with E-state index in [4.69, 9.17) is 4.98 Å². The minimum Gasteiger partial charge on any atom is -0.279 e. The van der Waals surface area contributed by atoms with Crippen LogP contribution in [0.2, 0.25) is 0 Å². The van der Waals surface area contributed by atoms with Crippen molar-refractivity contribution in [2.24, 2.45) is 0 Å². The summed E-state index contributed by atoms with van der Waals surface area (Å²) in [6.07, 6.45) is 6.20. The van der Waals surface area contributed by atoms with Crippen molar-refractivity contribution in [2.75, 3.05) is 11.4 Å². The van der Waals surface area contributed by atoms with Gasteiger partial charge in [0.25, 0.3) is 5.91 Å². The molecular weight excluding hydrogens is 330 g/mol. The van der Waals surface area contributed by atoms with E-state index in [2.05, 4.69) is 11.6 Å². The Labute approximate surface area is 150 Å². The third-order valence-electron chi connectivity index (χ3n) is 4.44. The summed E-state index contributed by atoms with van der Waals surface area (Å²) in [5.74, 6) is -0.128. The second-order valence-corrected chi connectivity index (χ2v) is 7.23. The van der Waals surface area contributed by atoms with E-state index in [0.29, 0.717) is 12.2 Å². The summed E-state index contributed by atoms with van der Waals surface area (Å²) in [6, 6.07) is 11.5. The molecule has 126 valence electrons. The number of carbonyl (C=O) groups excluding carboxylic acids is 1. The van der Waals surface area contributed by atoms with Crippen molar-refractivity contribution in [3.8, 4) is 0 Å². The van der Waals surface area contributed by atoms with Gasteiger partial charge in [0.15, 0.2) is 5.13 Å². The van der Waals surface area contributed by atoms with E-state index in [1.54, 1.807) is 28.4 Å². The van der Waals surface area contributed by atoms with E-state index < -0.39 is 0 Å². The van der Waals surface area contributed by atoms with Gasteiger partial charge in [0.05, 0.1) is 11.2 Å². The van der Waals surface area contributed by atoms with Crippen molar-refractivity contribution >= 4 is 33.3 Å². The predicted octanol–water partition coefficient (Wildman–Crippen LogP) is 4.40. The molecule has 3 aromatic rings. The van der Waals surface area contributed by atoms with Crippen molar-refractivity contribution in [2.45, 2.75) is 25.7 Å². The molecular formula is C20H19N3OS. The number of rotatable bonds is 4. The second-order valence-electron chi connectivity index (χ2n) is 6.17. The van der Waals surface area contributed by atoms with Crippen LogP contribution in [0, 0.1) is 0 Å². The van der Waals surface area contributed by atoms with E-state index in [1.807, 2.05) is 30.3 Å². The quantitative estimate of drug-likeness (QED) is 0.656. The third-order valence-corrected chi connectivity index (χ3v) is 5.62. The molecule has 0 saturated heterocycles. The monoisotopic (exact) mass is 349 g/mol. The van der Waals surface area contributed by atoms with E-state index in [0.717, 1.165) is 34.6 Å². The highest BCUT2D eigenvalue weighted by Crippen LogP contribution is 2.32. The Morgan fingerprint density at radius 2 is 2.00 bits per heavy atom. The average molecular weight is 349 g/mol. The van der Waals surface area contributed by atoms with E-state index in [9.17, 15) is 4.79 Å². The lowest BCUT2D eigenvalue weighted by Gasteiger charge is -2.17. The Hall–Kier alpha value is -2.53. The van der Waals surface area contributed by atoms with Gasteiger partial charge in [-0.3, -0.25) is 9.69 Å². The third kappa shape index (κ3) is 3.07. The molecule has 0 unspecified atom stereocenters. The molecule has 2 heterocycles. The molecule has 25 heavy (non-hydrogen) atoms. The van der Waals surface area contributed by atoms with E-state index in [-0.39, 0.29) is 5.91 Å². The second kappa shape index (κ2) is 6.76. The van der Waals surface area contributed by atoms with Crippen LogP contribution in [0.15, 0.2) is 49.1 Å². The first-order valence-corrected chi connectivity index (χ1v) is 9.35. The number of pyridine rings is 1. The molecule has 1 aliphatic rings. The zero-order chi connectivity index (χ0) is 17.2. The molecule has 0 radical (unpaired) electrons. The van der Waals surface area contributed by atoms with Gasteiger partial charge < -0.3 is 0 Å². The first-order valence-electron chi connectivity index (χ1n) is 8.53. The van der Waals surface area contributed by atoms with Crippen LogP contribution in [0.5, 0.6) is 0 Å². The lowest BCUT2D eigenvalue weighted by atomic mass is 10.0. The van der Waals surface area contributed by atoms with Gasteiger partial charge in [-0.2, -0.15) is 0 Å². The molecule has 5 heteroatoms. The Balaban J connectivity index is 1.70. The number of hydrogen-bond acceptors (Lipinski definition) is 4. The van der Waals surface area contributed by atoms with Gasteiger partial charge in [-0.15, -0.1) is 17.9 Å². The highest BCUT2D eigenvalue weighted by molar-refractivity contribution is 7.16. The fraction of sp³-hybridized carbons (Fsp3) is 0.250. The van der Waals surface area contributed by atoms with Gasteiger partial charge in [0, 0.05) is 16.8 Å². The number of amides is 1. The Kier molecular flexibility index (Phi) is 4.32. The molecule has 0 spiro atoms. The van der Waals surface area contributed by atoms with Gasteiger partial charge in [-0.05, 0) is 37.8 Å². The Morgan fingerprint density at radius 1 is 1.16 bits per heavy atom. The molecule has 1 amide bonds. The predicted molar refractivity (Wildman–Crippen MR) is 102 cm³/mol. The number of fused-ring (bicyclic) bond motifs is 2. The summed E-state index contributed by atoms with van der Waals surface area (Å²) in [5, 5.41) is 1.78. The minimum absolute atomic E-state index is 0.128. The summed E-state index contributed by atoms with van der Waals surface area (Å²) in [5.41, 5.74) is 2.42. The highest BCUT2D eigenvalue weighted by atomic mass is 32.1. The number of aromatic nitrogens is 2. The minimum atomic E-state index is -0.128. The van der Waals surface area contributed by atoms with Crippen LogP contribution in [0.1, 0.15) is 33.9 Å². The summed E-state index contributed by atoms with van der Waals surface area (Å²) in [4.78, 5) is 25.3. The maximum absolute atomic E-state index is 13.1. The zero-order valence-electron chi connectivity index (χ0n) is 13.9. The number of aryl methyl sites for hydroxylation is 2. The van der Waals surface area contributed by atoms with Crippen molar-refractivity contribution < 1.29 is 4.79 Å². The molecule has 0 bridgehead atoms. The summed E-state index contributed by atoms with van der Waals surface area (Å²) < 4.78 is 0. The number of carbonyl (C=O) groups is 1. The topological polar surface area (TPSA) is 46.1 Å². The maximum atomic E-state index is 13.1. The smallest absolute Gasteiger partial charge is 0.278 e. The van der Waals surface area contributed by atoms with Crippen LogP contribution >= 0.6 is 11.3 Å². The average Bonchev–Trinajstić information content (AvgIpc) is 3.09. The van der Waals surface area contributed by atoms with Crippen LogP contribution in [0.4, 0.5) is 5.13 Å². The largest absolute Gasteiger partial charge is 0.279 e. The standard InChI is InChI=1S/C20H19N3OS/c1-2-13-23(20-22-16-9-5-6-10-18(16)25-20)19(24)17-12-11-14-7-3-4-8-15(14)21-17/h2-4,7-8,11-12H,1,5-6,9-10,13H2. The lowest BCUT2D eigenvalue weighted by Crippen LogP contribution is -2.31.